The number of hydrogen-bond donors (Lipinski definition) is 1. The minimum Gasteiger partial charge on any atom is -0.366 e. The van der Waals surface area contributed by atoms with Gasteiger partial charge in [-0.25, -0.2) is 0 Å². The first-order valence-corrected chi connectivity index (χ1v) is 4.35. The molecule has 0 saturated heterocycles. The van der Waals surface area contributed by atoms with Gasteiger partial charge in [-0.1, -0.05) is 13.8 Å². The highest BCUT2D eigenvalue weighted by Crippen LogP contribution is 2.08. The number of amides is 1. The van der Waals surface area contributed by atoms with Crippen LogP contribution < -0.4 is 5.73 Å². The number of carbonyl (C=O) groups is 1. The fourth-order valence-electron chi connectivity index (χ4n) is 0.907. The number of aromatic nitrogens is 1. The van der Waals surface area contributed by atoms with Crippen LogP contribution in [-0.2, 0) is 0 Å². The van der Waals surface area contributed by atoms with Gasteiger partial charge in [0.15, 0.2) is 0 Å². The molecule has 0 aliphatic rings. The van der Waals surface area contributed by atoms with Crippen molar-refractivity contribution in [2.75, 3.05) is 0 Å². The van der Waals surface area contributed by atoms with Crippen molar-refractivity contribution in [2.45, 2.75) is 27.7 Å². The van der Waals surface area contributed by atoms with Crippen molar-refractivity contribution in [1.82, 2.24) is 4.98 Å². The minimum atomic E-state index is -0.395. The zero-order chi connectivity index (χ0) is 10.4. The zero-order valence-electron chi connectivity index (χ0n) is 8.59. The predicted molar refractivity (Wildman–Crippen MR) is 53.6 cm³/mol. The van der Waals surface area contributed by atoms with Gasteiger partial charge in [0.2, 0.25) is 5.91 Å². The van der Waals surface area contributed by atoms with Gasteiger partial charge >= 0.3 is 0 Å². The molecule has 72 valence electrons. The van der Waals surface area contributed by atoms with E-state index in [1.165, 1.54) is 0 Å². The molecule has 1 aromatic rings. The van der Waals surface area contributed by atoms with Gasteiger partial charge in [0.1, 0.15) is 0 Å². The molecule has 0 aromatic carbocycles. The van der Waals surface area contributed by atoms with Crippen LogP contribution in [0.1, 0.15) is 35.5 Å². The summed E-state index contributed by atoms with van der Waals surface area (Å²) in [6, 6.07) is 1.63. The second-order valence-corrected chi connectivity index (χ2v) is 2.43. The third-order valence-corrected chi connectivity index (χ3v) is 1.72. The molecule has 1 heterocycles. The van der Waals surface area contributed by atoms with Crippen LogP contribution in [-0.4, -0.2) is 10.9 Å². The van der Waals surface area contributed by atoms with Crippen molar-refractivity contribution in [3.8, 4) is 0 Å². The lowest BCUT2D eigenvalue weighted by atomic mass is 10.1. The lowest BCUT2D eigenvalue weighted by Crippen LogP contribution is -2.13. The Morgan fingerprint density at radius 1 is 1.38 bits per heavy atom. The van der Waals surface area contributed by atoms with E-state index >= 15 is 0 Å². The molecular weight excluding hydrogens is 164 g/mol. The first-order valence-electron chi connectivity index (χ1n) is 4.35. The number of pyridine rings is 1. The molecule has 13 heavy (non-hydrogen) atoms. The van der Waals surface area contributed by atoms with Crippen LogP contribution >= 0.6 is 0 Å². The minimum absolute atomic E-state index is 0.395. The standard InChI is InChI=1S/C8H10N2O.C2H6/c1-5-6(2)10-4-3-7(5)8(9)11;1-2/h3-4H,1-2H3,(H2,9,11);1-2H3. The molecule has 3 heteroatoms. The van der Waals surface area contributed by atoms with Crippen LogP contribution in [0.4, 0.5) is 0 Å². The van der Waals surface area contributed by atoms with E-state index in [2.05, 4.69) is 4.98 Å². The van der Waals surface area contributed by atoms with E-state index in [9.17, 15) is 4.79 Å². The summed E-state index contributed by atoms with van der Waals surface area (Å²) in [5.41, 5.74) is 7.38. The van der Waals surface area contributed by atoms with Crippen LogP contribution in [0.25, 0.3) is 0 Å². The van der Waals surface area contributed by atoms with E-state index in [0.717, 1.165) is 11.3 Å². The maximum Gasteiger partial charge on any atom is 0.249 e. The van der Waals surface area contributed by atoms with Gasteiger partial charge in [0, 0.05) is 17.5 Å². The molecule has 0 aliphatic carbocycles. The Labute approximate surface area is 79.0 Å². The van der Waals surface area contributed by atoms with Gasteiger partial charge in [0.05, 0.1) is 0 Å². The van der Waals surface area contributed by atoms with Gasteiger partial charge < -0.3 is 5.73 Å². The molecule has 0 aliphatic heterocycles. The molecular formula is C10H16N2O. The lowest BCUT2D eigenvalue weighted by molar-refractivity contribution is 0.0999. The zero-order valence-corrected chi connectivity index (χ0v) is 8.59. The monoisotopic (exact) mass is 180 g/mol. The summed E-state index contributed by atoms with van der Waals surface area (Å²) in [4.78, 5) is 14.8. The van der Waals surface area contributed by atoms with Crippen LogP contribution in [0.2, 0.25) is 0 Å². The molecule has 0 fully saturated rings. The smallest absolute Gasteiger partial charge is 0.249 e. The van der Waals surface area contributed by atoms with E-state index in [1.807, 2.05) is 27.7 Å². The maximum absolute atomic E-state index is 10.8. The summed E-state index contributed by atoms with van der Waals surface area (Å²) in [7, 11) is 0. The molecule has 0 atom stereocenters. The van der Waals surface area contributed by atoms with Crippen LogP contribution in [0.15, 0.2) is 12.3 Å². The van der Waals surface area contributed by atoms with E-state index in [4.69, 9.17) is 5.73 Å². The van der Waals surface area contributed by atoms with Crippen molar-refractivity contribution in [1.29, 1.82) is 0 Å². The first kappa shape index (κ1) is 11.6. The summed E-state index contributed by atoms with van der Waals surface area (Å²) in [6.07, 6.45) is 1.59. The molecule has 0 radical (unpaired) electrons. The van der Waals surface area contributed by atoms with Gasteiger partial charge in [-0.15, -0.1) is 0 Å². The number of nitrogens with zero attached hydrogens (tertiary/aromatic N) is 1. The average Bonchev–Trinajstić information content (AvgIpc) is 2.13. The normalized spacial score (nSPS) is 8.62. The second-order valence-electron chi connectivity index (χ2n) is 2.43. The number of primary amides is 1. The maximum atomic E-state index is 10.8. The SMILES string of the molecule is CC.Cc1nccc(C(N)=O)c1C. The van der Waals surface area contributed by atoms with Gasteiger partial charge in [0.25, 0.3) is 0 Å². The third kappa shape index (κ3) is 2.86. The van der Waals surface area contributed by atoms with Crippen LogP contribution in [0.5, 0.6) is 0 Å². The number of carbonyl (C=O) groups excluding carboxylic acids is 1. The molecule has 0 spiro atoms. The molecule has 3 nitrogen and oxygen atoms in total. The van der Waals surface area contributed by atoms with Gasteiger partial charge in [-0.05, 0) is 25.5 Å². The molecule has 0 unspecified atom stereocenters. The highest BCUT2D eigenvalue weighted by Gasteiger charge is 2.05. The molecule has 1 aromatic heterocycles. The first-order chi connectivity index (χ1) is 6.13. The Hall–Kier alpha value is -1.38. The Bertz CT molecular complexity index is 295. The van der Waals surface area contributed by atoms with E-state index in [-0.39, 0.29) is 0 Å². The van der Waals surface area contributed by atoms with E-state index in [1.54, 1.807) is 12.3 Å². The number of aryl methyl sites for hydroxylation is 1. The summed E-state index contributed by atoms with van der Waals surface area (Å²) in [5, 5.41) is 0. The largest absolute Gasteiger partial charge is 0.366 e. The van der Waals surface area contributed by atoms with Crippen molar-refractivity contribution in [3.05, 3.63) is 29.1 Å². The van der Waals surface area contributed by atoms with E-state index < -0.39 is 5.91 Å². The predicted octanol–water partition coefficient (Wildman–Crippen LogP) is 1.82. The van der Waals surface area contributed by atoms with E-state index in [0.29, 0.717) is 5.56 Å². The van der Waals surface area contributed by atoms with Gasteiger partial charge in [-0.3, -0.25) is 9.78 Å². The topological polar surface area (TPSA) is 56.0 Å². The second kappa shape index (κ2) is 5.30. The molecule has 1 amide bonds. The van der Waals surface area contributed by atoms with Crippen molar-refractivity contribution >= 4 is 5.91 Å². The summed E-state index contributed by atoms with van der Waals surface area (Å²) >= 11 is 0. The molecule has 1 rings (SSSR count). The Morgan fingerprint density at radius 2 is 1.92 bits per heavy atom. The summed E-state index contributed by atoms with van der Waals surface area (Å²) < 4.78 is 0. The highest BCUT2D eigenvalue weighted by atomic mass is 16.1. The van der Waals surface area contributed by atoms with Crippen LogP contribution in [0, 0.1) is 13.8 Å². The van der Waals surface area contributed by atoms with Crippen molar-refractivity contribution in [2.24, 2.45) is 5.73 Å². The number of rotatable bonds is 1. The molecule has 2 N–H and O–H groups in total. The average molecular weight is 180 g/mol. The Kier molecular flexibility index (Phi) is 4.74. The van der Waals surface area contributed by atoms with Gasteiger partial charge in [-0.2, -0.15) is 0 Å². The Balaban J connectivity index is 0.000000671. The van der Waals surface area contributed by atoms with Crippen molar-refractivity contribution in [3.63, 3.8) is 0 Å². The number of nitrogens with two attached hydrogens (primary N) is 1. The third-order valence-electron chi connectivity index (χ3n) is 1.72. The fraction of sp³-hybridized carbons (Fsp3) is 0.400. The lowest BCUT2D eigenvalue weighted by Gasteiger charge is -2.02. The number of hydrogen-bond acceptors (Lipinski definition) is 2. The quantitative estimate of drug-likeness (QED) is 0.716. The molecule has 0 saturated carbocycles. The summed E-state index contributed by atoms with van der Waals surface area (Å²) in [5.74, 6) is -0.395. The van der Waals surface area contributed by atoms with Crippen LogP contribution in [0.3, 0.4) is 0 Å². The fourth-order valence-corrected chi connectivity index (χ4v) is 0.907. The summed E-state index contributed by atoms with van der Waals surface area (Å²) in [6.45, 7) is 7.68. The highest BCUT2D eigenvalue weighted by molar-refractivity contribution is 5.94. The Morgan fingerprint density at radius 3 is 2.31 bits per heavy atom. The van der Waals surface area contributed by atoms with Crippen molar-refractivity contribution < 1.29 is 4.79 Å². The molecule has 0 bridgehead atoms.